The predicted octanol–water partition coefficient (Wildman–Crippen LogP) is 2.85. The molecule has 0 radical (unpaired) electrons. The lowest BCUT2D eigenvalue weighted by Crippen LogP contribution is -2.28. The van der Waals surface area contributed by atoms with Crippen molar-refractivity contribution in [3.63, 3.8) is 0 Å². The lowest BCUT2D eigenvalue weighted by molar-refractivity contribution is -0.385. The van der Waals surface area contributed by atoms with E-state index >= 15 is 0 Å². The first-order chi connectivity index (χ1) is 9.19. The Morgan fingerprint density at radius 3 is 2.63 bits per heavy atom. The van der Waals surface area contributed by atoms with E-state index in [4.69, 9.17) is 5.26 Å². The van der Waals surface area contributed by atoms with Crippen LogP contribution in [0.15, 0.2) is 18.2 Å². The summed E-state index contributed by atoms with van der Waals surface area (Å²) < 4.78 is 0. The zero-order valence-corrected chi connectivity index (χ0v) is 10.6. The molecule has 3 rings (SSSR count). The number of hydrogen-bond donors (Lipinski definition) is 0. The highest BCUT2D eigenvalue weighted by molar-refractivity contribution is 5.61. The van der Waals surface area contributed by atoms with E-state index in [2.05, 4.69) is 4.90 Å². The molecule has 2 aliphatic carbocycles. The largest absolute Gasteiger partial charge is 0.368 e. The number of rotatable bonds is 5. The lowest BCUT2D eigenvalue weighted by atomic mass is 10.1. The summed E-state index contributed by atoms with van der Waals surface area (Å²) in [4.78, 5) is 12.8. The minimum absolute atomic E-state index is 0.0820. The highest BCUT2D eigenvalue weighted by atomic mass is 16.6. The average Bonchev–Trinajstić information content (AvgIpc) is 3.27. The number of anilines is 1. The third-order valence-electron chi connectivity index (χ3n) is 3.77. The molecule has 2 fully saturated rings. The Balaban J connectivity index is 1.91. The van der Waals surface area contributed by atoms with Crippen LogP contribution < -0.4 is 4.90 Å². The topological polar surface area (TPSA) is 70.2 Å². The molecule has 0 unspecified atom stereocenters. The zero-order valence-electron chi connectivity index (χ0n) is 10.6. The SMILES string of the molecule is N#Cc1ccc(N(CC2CC2)C2CC2)cc1[N+](=O)[O-]. The molecule has 2 saturated carbocycles. The van der Waals surface area contributed by atoms with Gasteiger partial charge < -0.3 is 4.90 Å². The third-order valence-corrected chi connectivity index (χ3v) is 3.77. The van der Waals surface area contributed by atoms with Crippen LogP contribution >= 0.6 is 0 Å². The first-order valence-corrected chi connectivity index (χ1v) is 6.64. The molecular formula is C14H15N3O2. The number of nitriles is 1. The molecule has 0 bridgehead atoms. The summed E-state index contributed by atoms with van der Waals surface area (Å²) in [5, 5.41) is 19.9. The van der Waals surface area contributed by atoms with Gasteiger partial charge in [0.15, 0.2) is 0 Å². The number of nitro benzene ring substituents is 1. The molecule has 0 heterocycles. The third kappa shape index (κ3) is 2.53. The van der Waals surface area contributed by atoms with Crippen LogP contribution in [0.2, 0.25) is 0 Å². The van der Waals surface area contributed by atoms with Gasteiger partial charge in [-0.1, -0.05) is 0 Å². The smallest absolute Gasteiger partial charge is 0.289 e. The van der Waals surface area contributed by atoms with Gasteiger partial charge in [0.25, 0.3) is 5.69 Å². The summed E-state index contributed by atoms with van der Waals surface area (Å²) in [7, 11) is 0. The fourth-order valence-corrected chi connectivity index (χ4v) is 2.37. The van der Waals surface area contributed by atoms with E-state index < -0.39 is 4.92 Å². The van der Waals surface area contributed by atoms with E-state index in [-0.39, 0.29) is 11.3 Å². The Morgan fingerprint density at radius 1 is 1.37 bits per heavy atom. The molecule has 1 aromatic rings. The standard InChI is InChI=1S/C14H15N3O2/c15-8-11-3-4-13(7-14(11)17(18)19)16(12-5-6-12)9-10-1-2-10/h3-4,7,10,12H,1-2,5-6,9H2. The van der Waals surface area contributed by atoms with Gasteiger partial charge in [-0.3, -0.25) is 10.1 Å². The van der Waals surface area contributed by atoms with Crippen LogP contribution in [0.5, 0.6) is 0 Å². The normalized spacial score (nSPS) is 17.8. The Hall–Kier alpha value is -2.09. The van der Waals surface area contributed by atoms with Gasteiger partial charge in [-0.15, -0.1) is 0 Å². The van der Waals surface area contributed by atoms with Crippen LogP contribution in [-0.2, 0) is 0 Å². The van der Waals surface area contributed by atoms with E-state index in [1.165, 1.54) is 25.7 Å². The summed E-state index contributed by atoms with van der Waals surface area (Å²) in [5.41, 5.74) is 0.942. The van der Waals surface area contributed by atoms with Crippen molar-refractivity contribution in [2.75, 3.05) is 11.4 Å². The molecule has 98 valence electrons. The van der Waals surface area contributed by atoms with Crippen LogP contribution in [-0.4, -0.2) is 17.5 Å². The van der Waals surface area contributed by atoms with Crippen molar-refractivity contribution in [2.45, 2.75) is 31.7 Å². The molecule has 0 aliphatic heterocycles. The Kier molecular flexibility index (Phi) is 2.86. The Morgan fingerprint density at radius 2 is 2.11 bits per heavy atom. The van der Waals surface area contributed by atoms with Crippen molar-refractivity contribution < 1.29 is 4.92 Å². The van der Waals surface area contributed by atoms with Gasteiger partial charge in [0, 0.05) is 24.3 Å². The molecule has 5 heteroatoms. The molecule has 0 saturated heterocycles. The van der Waals surface area contributed by atoms with Gasteiger partial charge in [0.05, 0.1) is 4.92 Å². The highest BCUT2D eigenvalue weighted by Crippen LogP contribution is 2.38. The summed E-state index contributed by atoms with van der Waals surface area (Å²) in [6, 6.07) is 7.38. The van der Waals surface area contributed by atoms with Crippen molar-refractivity contribution in [1.82, 2.24) is 0 Å². The second kappa shape index (κ2) is 4.54. The van der Waals surface area contributed by atoms with Crippen LogP contribution in [0.1, 0.15) is 31.2 Å². The Labute approximate surface area is 111 Å². The number of nitrogens with zero attached hydrogens (tertiary/aromatic N) is 3. The first kappa shape index (κ1) is 12.0. The molecule has 5 nitrogen and oxygen atoms in total. The van der Waals surface area contributed by atoms with Crippen LogP contribution in [0, 0.1) is 27.4 Å². The number of hydrogen-bond acceptors (Lipinski definition) is 4. The molecule has 2 aliphatic rings. The quantitative estimate of drug-likeness (QED) is 0.600. The molecule has 1 aromatic carbocycles. The monoisotopic (exact) mass is 257 g/mol. The van der Waals surface area contributed by atoms with E-state index in [1.54, 1.807) is 12.1 Å². The van der Waals surface area contributed by atoms with Gasteiger partial charge in [0.2, 0.25) is 0 Å². The first-order valence-electron chi connectivity index (χ1n) is 6.64. The van der Waals surface area contributed by atoms with Gasteiger partial charge in [-0.05, 0) is 43.7 Å². The van der Waals surface area contributed by atoms with Crippen molar-refractivity contribution >= 4 is 11.4 Å². The maximum atomic E-state index is 11.0. The van der Waals surface area contributed by atoms with Crippen molar-refractivity contribution in [3.8, 4) is 6.07 Å². The van der Waals surface area contributed by atoms with Crippen molar-refractivity contribution in [2.24, 2.45) is 5.92 Å². The predicted molar refractivity (Wildman–Crippen MR) is 70.9 cm³/mol. The van der Waals surface area contributed by atoms with Gasteiger partial charge in [0.1, 0.15) is 11.6 Å². The van der Waals surface area contributed by atoms with Crippen LogP contribution in [0.25, 0.3) is 0 Å². The van der Waals surface area contributed by atoms with Crippen molar-refractivity contribution in [3.05, 3.63) is 33.9 Å². The molecule has 0 atom stereocenters. The summed E-state index contributed by atoms with van der Waals surface area (Å²) in [6.07, 6.45) is 4.87. The summed E-state index contributed by atoms with van der Waals surface area (Å²) >= 11 is 0. The Bertz CT molecular complexity index is 556. The van der Waals surface area contributed by atoms with Gasteiger partial charge in [-0.25, -0.2) is 0 Å². The molecule has 0 spiro atoms. The zero-order chi connectivity index (χ0) is 13.4. The summed E-state index contributed by atoms with van der Waals surface area (Å²) in [5.74, 6) is 0.746. The lowest BCUT2D eigenvalue weighted by Gasteiger charge is -2.24. The molecule has 19 heavy (non-hydrogen) atoms. The number of benzene rings is 1. The minimum atomic E-state index is -0.468. The van der Waals surface area contributed by atoms with E-state index in [0.717, 1.165) is 18.2 Å². The number of nitro groups is 1. The molecule has 0 aromatic heterocycles. The average molecular weight is 257 g/mol. The molecule has 0 N–H and O–H groups in total. The second-order valence-electron chi connectivity index (χ2n) is 5.40. The van der Waals surface area contributed by atoms with Gasteiger partial charge >= 0.3 is 0 Å². The van der Waals surface area contributed by atoms with Crippen molar-refractivity contribution in [1.29, 1.82) is 5.26 Å². The van der Waals surface area contributed by atoms with E-state index in [1.807, 2.05) is 12.1 Å². The van der Waals surface area contributed by atoms with Gasteiger partial charge in [-0.2, -0.15) is 5.26 Å². The second-order valence-corrected chi connectivity index (χ2v) is 5.40. The fourth-order valence-electron chi connectivity index (χ4n) is 2.37. The molecule has 0 amide bonds. The minimum Gasteiger partial charge on any atom is -0.368 e. The van der Waals surface area contributed by atoms with E-state index in [0.29, 0.717) is 6.04 Å². The maximum absolute atomic E-state index is 11.0. The van der Waals surface area contributed by atoms with Crippen LogP contribution in [0.4, 0.5) is 11.4 Å². The molecular weight excluding hydrogens is 242 g/mol. The highest BCUT2D eigenvalue weighted by Gasteiger charge is 2.34. The fraction of sp³-hybridized carbons (Fsp3) is 0.500. The van der Waals surface area contributed by atoms with E-state index in [9.17, 15) is 10.1 Å². The maximum Gasteiger partial charge on any atom is 0.289 e. The van der Waals surface area contributed by atoms with Crippen LogP contribution in [0.3, 0.4) is 0 Å². The summed E-state index contributed by atoms with van der Waals surface area (Å²) in [6.45, 7) is 0.994.